The standard InChI is InChI=1S/C20H33N3O2/c1-3-18(19(24)11-5-9-17(22)10-6-12-21)23-20(25)14-16-8-4-7-15(2)13-16/h4,7-8,13,17-18H,3,5-6,9-12,14,21-22H2,1-2H3,(H,23,25)/t17?,18-/m1/s1. The van der Waals surface area contributed by atoms with Crippen LogP contribution in [0.1, 0.15) is 56.6 Å². The van der Waals surface area contributed by atoms with Crippen LogP contribution in [0.25, 0.3) is 0 Å². The van der Waals surface area contributed by atoms with Gasteiger partial charge in [0.1, 0.15) is 0 Å². The molecule has 1 aromatic rings. The summed E-state index contributed by atoms with van der Waals surface area (Å²) in [6.07, 6.45) is 4.76. The van der Waals surface area contributed by atoms with E-state index in [9.17, 15) is 9.59 Å². The quantitative estimate of drug-likeness (QED) is 0.540. The number of hydrogen-bond acceptors (Lipinski definition) is 4. The normalized spacial score (nSPS) is 13.3. The number of hydrogen-bond donors (Lipinski definition) is 3. The van der Waals surface area contributed by atoms with Gasteiger partial charge in [-0.15, -0.1) is 0 Å². The molecule has 0 aliphatic heterocycles. The first-order chi connectivity index (χ1) is 12.0. The number of rotatable bonds is 12. The molecule has 0 spiro atoms. The van der Waals surface area contributed by atoms with Crippen molar-refractivity contribution < 1.29 is 9.59 Å². The van der Waals surface area contributed by atoms with Crippen LogP contribution in [0.3, 0.4) is 0 Å². The van der Waals surface area contributed by atoms with Crippen molar-refractivity contribution in [3.63, 3.8) is 0 Å². The van der Waals surface area contributed by atoms with E-state index in [1.807, 2.05) is 38.1 Å². The van der Waals surface area contributed by atoms with E-state index < -0.39 is 6.04 Å². The van der Waals surface area contributed by atoms with Crippen LogP contribution in [0.15, 0.2) is 24.3 Å². The molecule has 1 unspecified atom stereocenters. The maximum Gasteiger partial charge on any atom is 0.224 e. The molecule has 0 aliphatic rings. The molecule has 5 heteroatoms. The van der Waals surface area contributed by atoms with Crippen molar-refractivity contribution in [3.8, 4) is 0 Å². The molecule has 140 valence electrons. The molecule has 25 heavy (non-hydrogen) atoms. The SMILES string of the molecule is CC[C@@H](NC(=O)Cc1cccc(C)c1)C(=O)CCCC(N)CCCN. The number of Topliss-reactive ketones (excluding diaryl/α,β-unsaturated/α-hetero) is 1. The minimum absolute atomic E-state index is 0.0890. The predicted molar refractivity (Wildman–Crippen MR) is 102 cm³/mol. The molecule has 0 fully saturated rings. The summed E-state index contributed by atoms with van der Waals surface area (Å²) < 4.78 is 0. The maximum atomic E-state index is 12.3. The van der Waals surface area contributed by atoms with Gasteiger partial charge >= 0.3 is 0 Å². The van der Waals surface area contributed by atoms with E-state index in [-0.39, 0.29) is 17.7 Å². The van der Waals surface area contributed by atoms with Gasteiger partial charge in [-0.05, 0) is 51.1 Å². The fraction of sp³-hybridized carbons (Fsp3) is 0.600. The summed E-state index contributed by atoms with van der Waals surface area (Å²) in [7, 11) is 0. The Morgan fingerprint density at radius 3 is 2.56 bits per heavy atom. The first-order valence-electron chi connectivity index (χ1n) is 9.29. The molecule has 5 N–H and O–H groups in total. The molecule has 5 nitrogen and oxygen atoms in total. The molecule has 1 aromatic carbocycles. The zero-order valence-electron chi connectivity index (χ0n) is 15.6. The number of carbonyl (C=O) groups excluding carboxylic acids is 2. The Morgan fingerprint density at radius 1 is 1.20 bits per heavy atom. The average molecular weight is 348 g/mol. The van der Waals surface area contributed by atoms with E-state index in [2.05, 4.69) is 5.32 Å². The second-order valence-electron chi connectivity index (χ2n) is 6.74. The largest absolute Gasteiger partial charge is 0.346 e. The molecule has 0 aromatic heterocycles. The van der Waals surface area contributed by atoms with Crippen molar-refractivity contribution in [1.82, 2.24) is 5.32 Å². The molecule has 0 heterocycles. The van der Waals surface area contributed by atoms with Crippen LogP contribution < -0.4 is 16.8 Å². The summed E-state index contributed by atoms with van der Waals surface area (Å²) in [5, 5.41) is 2.87. The third kappa shape index (κ3) is 8.79. The Hall–Kier alpha value is -1.72. The van der Waals surface area contributed by atoms with Gasteiger partial charge in [-0.25, -0.2) is 0 Å². The van der Waals surface area contributed by atoms with Gasteiger partial charge < -0.3 is 16.8 Å². The number of benzene rings is 1. The van der Waals surface area contributed by atoms with E-state index in [0.717, 1.165) is 36.8 Å². The van der Waals surface area contributed by atoms with Gasteiger partial charge in [-0.1, -0.05) is 36.8 Å². The van der Waals surface area contributed by atoms with Gasteiger partial charge in [-0.3, -0.25) is 9.59 Å². The Kier molecular flexibility index (Phi) is 10.0. The van der Waals surface area contributed by atoms with Crippen molar-refractivity contribution >= 4 is 11.7 Å². The summed E-state index contributed by atoms with van der Waals surface area (Å²) >= 11 is 0. The minimum Gasteiger partial charge on any atom is -0.346 e. The third-order valence-electron chi connectivity index (χ3n) is 4.36. The Balaban J connectivity index is 2.38. The van der Waals surface area contributed by atoms with Crippen LogP contribution in [-0.4, -0.2) is 30.3 Å². The van der Waals surface area contributed by atoms with Crippen molar-refractivity contribution in [2.45, 2.75) is 70.9 Å². The Labute approximate surface area is 151 Å². The molecule has 0 saturated heterocycles. The summed E-state index contributed by atoms with van der Waals surface area (Å²) in [5.41, 5.74) is 13.6. The maximum absolute atomic E-state index is 12.3. The fourth-order valence-corrected chi connectivity index (χ4v) is 2.90. The monoisotopic (exact) mass is 347 g/mol. The first-order valence-corrected chi connectivity index (χ1v) is 9.29. The number of ketones is 1. The fourth-order valence-electron chi connectivity index (χ4n) is 2.90. The smallest absolute Gasteiger partial charge is 0.224 e. The number of nitrogens with two attached hydrogens (primary N) is 2. The molecular formula is C20H33N3O2. The highest BCUT2D eigenvalue weighted by molar-refractivity contribution is 5.89. The van der Waals surface area contributed by atoms with Crippen molar-refractivity contribution in [1.29, 1.82) is 0 Å². The summed E-state index contributed by atoms with van der Waals surface area (Å²) in [6, 6.07) is 7.56. The van der Waals surface area contributed by atoms with Crippen LogP contribution >= 0.6 is 0 Å². The average Bonchev–Trinajstić information content (AvgIpc) is 2.57. The van der Waals surface area contributed by atoms with Crippen LogP contribution in [0, 0.1) is 6.92 Å². The highest BCUT2D eigenvalue weighted by Crippen LogP contribution is 2.09. The lowest BCUT2D eigenvalue weighted by Gasteiger charge is -2.17. The molecule has 1 rings (SSSR count). The Bertz CT molecular complexity index is 545. The lowest BCUT2D eigenvalue weighted by molar-refractivity contribution is -0.127. The lowest BCUT2D eigenvalue weighted by atomic mass is 10.00. The Morgan fingerprint density at radius 2 is 1.92 bits per heavy atom. The van der Waals surface area contributed by atoms with Crippen molar-refractivity contribution in [2.24, 2.45) is 11.5 Å². The number of nitrogens with one attached hydrogen (secondary N) is 1. The molecule has 0 aliphatic carbocycles. The van der Waals surface area contributed by atoms with Crippen molar-refractivity contribution in [2.75, 3.05) is 6.54 Å². The van der Waals surface area contributed by atoms with Gasteiger partial charge in [0.25, 0.3) is 0 Å². The third-order valence-corrected chi connectivity index (χ3v) is 4.36. The minimum atomic E-state index is -0.405. The van der Waals surface area contributed by atoms with Crippen LogP contribution in [0.4, 0.5) is 0 Å². The summed E-state index contributed by atoms with van der Waals surface area (Å²) in [6.45, 7) is 4.57. The van der Waals surface area contributed by atoms with Gasteiger partial charge in [0.15, 0.2) is 5.78 Å². The summed E-state index contributed by atoms with van der Waals surface area (Å²) in [5.74, 6) is -0.0171. The van der Waals surface area contributed by atoms with Crippen LogP contribution in [0.5, 0.6) is 0 Å². The van der Waals surface area contributed by atoms with Gasteiger partial charge in [-0.2, -0.15) is 0 Å². The lowest BCUT2D eigenvalue weighted by Crippen LogP contribution is -2.41. The van der Waals surface area contributed by atoms with Gasteiger partial charge in [0.05, 0.1) is 12.5 Å². The van der Waals surface area contributed by atoms with Crippen molar-refractivity contribution in [3.05, 3.63) is 35.4 Å². The molecular weight excluding hydrogens is 314 g/mol. The van der Waals surface area contributed by atoms with E-state index in [1.54, 1.807) is 0 Å². The zero-order valence-corrected chi connectivity index (χ0v) is 15.6. The van der Waals surface area contributed by atoms with Crippen LogP contribution in [-0.2, 0) is 16.0 Å². The molecule has 0 bridgehead atoms. The number of carbonyl (C=O) groups is 2. The molecule has 1 amide bonds. The van der Waals surface area contributed by atoms with Gasteiger partial charge in [0, 0.05) is 12.5 Å². The van der Waals surface area contributed by atoms with E-state index in [1.165, 1.54) is 0 Å². The van der Waals surface area contributed by atoms with Crippen LogP contribution in [0.2, 0.25) is 0 Å². The highest BCUT2D eigenvalue weighted by atomic mass is 16.2. The molecule has 0 radical (unpaired) electrons. The molecule has 0 saturated carbocycles. The number of amides is 1. The zero-order chi connectivity index (χ0) is 18.7. The van der Waals surface area contributed by atoms with E-state index in [4.69, 9.17) is 11.5 Å². The predicted octanol–water partition coefficient (Wildman–Crippen LogP) is 2.24. The van der Waals surface area contributed by atoms with E-state index >= 15 is 0 Å². The highest BCUT2D eigenvalue weighted by Gasteiger charge is 2.18. The van der Waals surface area contributed by atoms with Gasteiger partial charge in [0.2, 0.25) is 5.91 Å². The summed E-state index contributed by atoms with van der Waals surface area (Å²) in [4.78, 5) is 24.5. The topological polar surface area (TPSA) is 98.2 Å². The second kappa shape index (κ2) is 11.8. The first kappa shape index (κ1) is 21.3. The van der Waals surface area contributed by atoms with E-state index in [0.29, 0.717) is 25.8 Å². The number of aryl methyl sites for hydroxylation is 1. The molecule has 2 atom stereocenters. The second-order valence-corrected chi connectivity index (χ2v) is 6.74.